The number of nitrogens with zero attached hydrogens (tertiary/aromatic N) is 1. The van der Waals surface area contributed by atoms with E-state index in [1.54, 1.807) is 0 Å². The molecule has 0 spiro atoms. The van der Waals surface area contributed by atoms with Gasteiger partial charge in [-0.1, -0.05) is 60.7 Å². The van der Waals surface area contributed by atoms with Crippen LogP contribution >= 0.6 is 0 Å². The van der Waals surface area contributed by atoms with Crippen molar-refractivity contribution in [1.82, 2.24) is 15.5 Å². The van der Waals surface area contributed by atoms with E-state index in [1.807, 2.05) is 60.7 Å². The second kappa shape index (κ2) is 7.14. The van der Waals surface area contributed by atoms with Crippen LogP contribution in [0.5, 0.6) is 0 Å². The summed E-state index contributed by atoms with van der Waals surface area (Å²) < 4.78 is 0. The Balaban J connectivity index is 1.64. The summed E-state index contributed by atoms with van der Waals surface area (Å²) in [6, 6.07) is 18.4. The molecule has 2 aromatic carbocycles. The van der Waals surface area contributed by atoms with E-state index in [-0.39, 0.29) is 5.91 Å². The maximum Gasteiger partial charge on any atom is 0.272 e. The first kappa shape index (κ1) is 16.5. The fourth-order valence-electron chi connectivity index (χ4n) is 3.56. The third kappa shape index (κ3) is 3.13. The van der Waals surface area contributed by atoms with Crippen molar-refractivity contribution < 1.29 is 9.90 Å². The number of aliphatic hydroxyl groups excluding tert-OH is 1. The molecule has 132 valence electrons. The topological polar surface area (TPSA) is 78.0 Å². The molecule has 5 heteroatoms. The van der Waals surface area contributed by atoms with Crippen LogP contribution in [0.4, 0.5) is 0 Å². The first-order valence-electron chi connectivity index (χ1n) is 8.89. The number of aromatic nitrogens is 2. The molecule has 0 saturated heterocycles. The Hall–Kier alpha value is -2.92. The van der Waals surface area contributed by atoms with E-state index in [1.165, 1.54) is 0 Å². The monoisotopic (exact) mass is 347 g/mol. The van der Waals surface area contributed by atoms with E-state index in [0.29, 0.717) is 5.69 Å². The molecule has 1 aliphatic carbocycles. The summed E-state index contributed by atoms with van der Waals surface area (Å²) >= 11 is 0. The van der Waals surface area contributed by atoms with Crippen molar-refractivity contribution in [2.24, 2.45) is 0 Å². The van der Waals surface area contributed by atoms with E-state index < -0.39 is 12.1 Å². The van der Waals surface area contributed by atoms with Gasteiger partial charge in [-0.05, 0) is 30.4 Å². The minimum absolute atomic E-state index is 0.256. The number of aryl methyl sites for hydroxylation is 1. The van der Waals surface area contributed by atoms with Crippen LogP contribution < -0.4 is 5.32 Å². The first-order valence-corrected chi connectivity index (χ1v) is 8.89. The third-order valence-electron chi connectivity index (χ3n) is 4.92. The molecule has 4 rings (SSSR count). The number of hydrogen-bond acceptors (Lipinski definition) is 3. The number of carbonyl (C=O) groups excluding carboxylic acids is 1. The highest BCUT2D eigenvalue weighted by atomic mass is 16.3. The second-order valence-corrected chi connectivity index (χ2v) is 6.60. The number of aliphatic hydroxyl groups is 1. The van der Waals surface area contributed by atoms with Crippen molar-refractivity contribution in [3.63, 3.8) is 0 Å². The lowest BCUT2D eigenvalue weighted by atomic mass is 9.95. The molecule has 0 aliphatic heterocycles. The zero-order chi connectivity index (χ0) is 17.9. The molecule has 1 aromatic heterocycles. The normalized spacial score (nSPS) is 15.3. The Kier molecular flexibility index (Phi) is 4.54. The Morgan fingerprint density at radius 3 is 2.35 bits per heavy atom. The number of rotatable bonds is 5. The lowest BCUT2D eigenvalue weighted by Gasteiger charge is -2.25. The lowest BCUT2D eigenvalue weighted by Crippen LogP contribution is -2.33. The zero-order valence-corrected chi connectivity index (χ0v) is 14.4. The highest BCUT2D eigenvalue weighted by Crippen LogP contribution is 2.30. The van der Waals surface area contributed by atoms with Crippen molar-refractivity contribution in [1.29, 1.82) is 0 Å². The summed E-state index contributed by atoms with van der Waals surface area (Å²) in [5.74, 6) is -0.256. The first-order chi connectivity index (χ1) is 12.7. The molecule has 1 heterocycles. The Morgan fingerprint density at radius 1 is 1.00 bits per heavy atom. The number of benzene rings is 2. The van der Waals surface area contributed by atoms with Gasteiger partial charge in [-0.25, -0.2) is 0 Å². The minimum Gasteiger partial charge on any atom is -0.386 e. The number of H-pyrrole nitrogens is 1. The van der Waals surface area contributed by atoms with Gasteiger partial charge in [0.15, 0.2) is 5.69 Å². The Bertz CT molecular complexity index is 890. The Labute approximate surface area is 152 Å². The number of fused-ring (bicyclic) bond motifs is 1. The maximum absolute atomic E-state index is 12.9. The average Bonchev–Trinajstić information content (AvgIpc) is 3.30. The predicted octanol–water partition coefficient (Wildman–Crippen LogP) is 3.10. The van der Waals surface area contributed by atoms with Gasteiger partial charge in [-0.15, -0.1) is 0 Å². The molecule has 5 nitrogen and oxygen atoms in total. The molecular weight excluding hydrogens is 326 g/mol. The van der Waals surface area contributed by atoms with Gasteiger partial charge in [0.05, 0.1) is 6.04 Å². The van der Waals surface area contributed by atoms with Gasteiger partial charge in [-0.2, -0.15) is 5.10 Å². The third-order valence-corrected chi connectivity index (χ3v) is 4.92. The molecule has 26 heavy (non-hydrogen) atoms. The van der Waals surface area contributed by atoms with Crippen LogP contribution in [0.15, 0.2) is 60.7 Å². The maximum atomic E-state index is 12.9. The molecule has 1 amide bonds. The van der Waals surface area contributed by atoms with Gasteiger partial charge < -0.3 is 10.4 Å². The van der Waals surface area contributed by atoms with Gasteiger partial charge in [-0.3, -0.25) is 9.89 Å². The molecule has 3 aromatic rings. The van der Waals surface area contributed by atoms with Gasteiger partial charge in [0, 0.05) is 11.3 Å². The fraction of sp³-hybridized carbons (Fsp3) is 0.238. The smallest absolute Gasteiger partial charge is 0.272 e. The fourth-order valence-corrected chi connectivity index (χ4v) is 3.56. The average molecular weight is 347 g/mol. The summed E-state index contributed by atoms with van der Waals surface area (Å²) in [5.41, 5.74) is 4.11. The predicted molar refractivity (Wildman–Crippen MR) is 98.7 cm³/mol. The molecule has 3 N–H and O–H groups in total. The number of amides is 1. The standard InChI is InChI=1S/C21H21N3O2/c25-20(15-10-5-2-6-11-15)18(14-8-3-1-4-9-14)22-21(26)19-16-12-7-13-17(16)23-24-19/h1-6,8-11,18,20,25H,7,12-13H2,(H,22,26)(H,23,24)/t18-,20+/m0/s1. The minimum atomic E-state index is -0.852. The van der Waals surface area contributed by atoms with Crippen LogP contribution in [0.2, 0.25) is 0 Å². The van der Waals surface area contributed by atoms with E-state index >= 15 is 0 Å². The number of nitrogens with one attached hydrogen (secondary N) is 2. The molecule has 0 unspecified atom stereocenters. The van der Waals surface area contributed by atoms with Crippen molar-refractivity contribution in [3.8, 4) is 0 Å². The zero-order valence-electron chi connectivity index (χ0n) is 14.4. The van der Waals surface area contributed by atoms with Crippen molar-refractivity contribution >= 4 is 5.91 Å². The number of carbonyl (C=O) groups is 1. The summed E-state index contributed by atoms with van der Waals surface area (Å²) in [7, 11) is 0. The number of hydrogen-bond donors (Lipinski definition) is 3. The van der Waals surface area contributed by atoms with E-state index in [9.17, 15) is 9.90 Å². The Morgan fingerprint density at radius 2 is 1.65 bits per heavy atom. The van der Waals surface area contributed by atoms with E-state index in [4.69, 9.17) is 0 Å². The molecular formula is C21H21N3O2. The summed E-state index contributed by atoms with van der Waals surface area (Å²) in [6.07, 6.45) is 1.99. The van der Waals surface area contributed by atoms with E-state index in [0.717, 1.165) is 41.6 Å². The molecule has 0 radical (unpaired) electrons. The summed E-state index contributed by atoms with van der Waals surface area (Å²) in [5, 5.41) is 21.1. The van der Waals surface area contributed by atoms with Gasteiger partial charge >= 0.3 is 0 Å². The van der Waals surface area contributed by atoms with Crippen molar-refractivity contribution in [2.45, 2.75) is 31.4 Å². The van der Waals surface area contributed by atoms with Crippen LogP contribution in [-0.4, -0.2) is 21.2 Å². The van der Waals surface area contributed by atoms with Crippen molar-refractivity contribution in [2.75, 3.05) is 0 Å². The molecule has 0 saturated carbocycles. The van der Waals surface area contributed by atoms with Crippen LogP contribution in [0.1, 0.15) is 51.4 Å². The number of aromatic amines is 1. The second-order valence-electron chi connectivity index (χ2n) is 6.60. The molecule has 0 bridgehead atoms. The molecule has 0 fully saturated rings. The van der Waals surface area contributed by atoms with Crippen LogP contribution in [0.25, 0.3) is 0 Å². The SMILES string of the molecule is O=C(N[C@@H](c1ccccc1)[C@H](O)c1ccccc1)c1n[nH]c2c1CCC2. The van der Waals surface area contributed by atoms with Gasteiger partial charge in [0.2, 0.25) is 0 Å². The summed E-state index contributed by atoms with van der Waals surface area (Å²) in [4.78, 5) is 12.9. The van der Waals surface area contributed by atoms with Crippen LogP contribution in [0, 0.1) is 0 Å². The van der Waals surface area contributed by atoms with Gasteiger partial charge in [0.25, 0.3) is 5.91 Å². The highest BCUT2D eigenvalue weighted by molar-refractivity contribution is 5.94. The lowest BCUT2D eigenvalue weighted by molar-refractivity contribution is 0.0826. The van der Waals surface area contributed by atoms with Gasteiger partial charge in [0.1, 0.15) is 6.10 Å². The van der Waals surface area contributed by atoms with Crippen LogP contribution in [-0.2, 0) is 12.8 Å². The summed E-state index contributed by atoms with van der Waals surface area (Å²) in [6.45, 7) is 0. The highest BCUT2D eigenvalue weighted by Gasteiger charge is 2.28. The van der Waals surface area contributed by atoms with Crippen molar-refractivity contribution in [3.05, 3.63) is 88.7 Å². The molecule has 1 aliphatic rings. The molecule has 2 atom stereocenters. The largest absolute Gasteiger partial charge is 0.386 e. The van der Waals surface area contributed by atoms with Crippen LogP contribution in [0.3, 0.4) is 0 Å². The quantitative estimate of drug-likeness (QED) is 0.664. The van der Waals surface area contributed by atoms with E-state index in [2.05, 4.69) is 15.5 Å².